The Morgan fingerprint density at radius 2 is 1.73 bits per heavy atom. The van der Waals surface area contributed by atoms with Gasteiger partial charge in [-0.15, -0.1) is 5.10 Å². The molecule has 9 nitrogen and oxygen atoms in total. The minimum atomic E-state index is -0.486. The Labute approximate surface area is 156 Å². The molecule has 3 aromatic rings. The summed E-state index contributed by atoms with van der Waals surface area (Å²) in [6.45, 7) is 0. The van der Waals surface area contributed by atoms with Gasteiger partial charge in [-0.2, -0.15) is 0 Å². The van der Waals surface area contributed by atoms with Crippen molar-refractivity contribution in [3.63, 3.8) is 0 Å². The normalized spacial score (nSPS) is 10.5. The van der Waals surface area contributed by atoms with Crippen molar-refractivity contribution in [1.82, 2.24) is 10.2 Å². The van der Waals surface area contributed by atoms with Crippen LogP contribution in [0.5, 0.6) is 17.2 Å². The number of anilines is 1. The van der Waals surface area contributed by atoms with E-state index in [-0.39, 0.29) is 17.5 Å². The lowest BCUT2D eigenvalue weighted by molar-refractivity contribution is 0.102. The number of hydrogen-bond donors (Lipinski definition) is 1. The zero-order valence-corrected chi connectivity index (χ0v) is 15.6. The molecular weight excluding hydrogens is 410 g/mol. The van der Waals surface area contributed by atoms with E-state index in [2.05, 4.69) is 31.4 Å². The number of halogens is 1. The van der Waals surface area contributed by atoms with Crippen molar-refractivity contribution in [1.29, 1.82) is 0 Å². The third-order valence-electron chi connectivity index (χ3n) is 3.36. The average molecular weight is 424 g/mol. The Morgan fingerprint density at radius 1 is 1.04 bits per heavy atom. The van der Waals surface area contributed by atoms with Gasteiger partial charge in [0.15, 0.2) is 21.9 Å². The molecule has 1 amide bonds. The van der Waals surface area contributed by atoms with E-state index >= 15 is 0 Å². The molecule has 2 heterocycles. The number of methoxy groups -OCH3 is 3. The van der Waals surface area contributed by atoms with Gasteiger partial charge in [-0.1, -0.05) is 5.10 Å². The van der Waals surface area contributed by atoms with Crippen molar-refractivity contribution < 1.29 is 27.8 Å². The Kier molecular flexibility index (Phi) is 5.12. The SMILES string of the molecule is COc1cc(C(=O)Nc2nnc(-c3ccc(Br)o3)o2)cc(OC)c1OC. The van der Waals surface area contributed by atoms with Crippen LogP contribution in [-0.2, 0) is 0 Å². The van der Waals surface area contributed by atoms with Gasteiger partial charge in [0.25, 0.3) is 11.8 Å². The van der Waals surface area contributed by atoms with Crippen molar-refractivity contribution >= 4 is 27.9 Å². The van der Waals surface area contributed by atoms with Crippen LogP contribution in [0.25, 0.3) is 11.7 Å². The number of ether oxygens (including phenoxy) is 3. The molecule has 0 spiro atoms. The topological polar surface area (TPSA) is 109 Å². The molecule has 0 aliphatic carbocycles. The van der Waals surface area contributed by atoms with Gasteiger partial charge in [-0.3, -0.25) is 10.1 Å². The molecule has 0 aliphatic rings. The third-order valence-corrected chi connectivity index (χ3v) is 3.78. The first-order valence-corrected chi connectivity index (χ1v) is 8.05. The second kappa shape index (κ2) is 7.48. The number of carbonyl (C=O) groups is 1. The Morgan fingerprint density at radius 3 is 2.27 bits per heavy atom. The molecule has 0 unspecified atom stereocenters. The van der Waals surface area contributed by atoms with Gasteiger partial charge in [0.1, 0.15) is 0 Å². The molecule has 10 heteroatoms. The molecule has 2 aromatic heterocycles. The zero-order chi connectivity index (χ0) is 18.7. The summed E-state index contributed by atoms with van der Waals surface area (Å²) in [5.74, 6) is 1.11. The fourth-order valence-corrected chi connectivity index (χ4v) is 2.49. The highest BCUT2D eigenvalue weighted by Gasteiger charge is 2.19. The quantitative estimate of drug-likeness (QED) is 0.642. The highest BCUT2D eigenvalue weighted by Crippen LogP contribution is 2.38. The van der Waals surface area contributed by atoms with Gasteiger partial charge in [-0.25, -0.2) is 0 Å². The predicted octanol–water partition coefficient (Wildman–Crippen LogP) is 3.37. The second-order valence-corrected chi connectivity index (χ2v) is 5.67. The van der Waals surface area contributed by atoms with Gasteiger partial charge in [0.05, 0.1) is 21.3 Å². The lowest BCUT2D eigenvalue weighted by Gasteiger charge is -2.13. The number of nitrogens with one attached hydrogen (secondary N) is 1. The Hall–Kier alpha value is -3.01. The number of furan rings is 1. The number of nitrogens with zero attached hydrogens (tertiary/aromatic N) is 2. The maximum atomic E-state index is 12.5. The molecule has 0 saturated heterocycles. The fourth-order valence-electron chi connectivity index (χ4n) is 2.18. The molecule has 0 saturated carbocycles. The highest BCUT2D eigenvalue weighted by atomic mass is 79.9. The van der Waals surface area contributed by atoms with Crippen molar-refractivity contribution in [2.75, 3.05) is 26.6 Å². The molecule has 1 aromatic carbocycles. The number of aromatic nitrogens is 2. The van der Waals surface area contributed by atoms with Crippen LogP contribution in [0.3, 0.4) is 0 Å². The number of hydrogen-bond acceptors (Lipinski definition) is 8. The molecule has 0 fully saturated rings. The summed E-state index contributed by atoms with van der Waals surface area (Å²) in [6.07, 6.45) is 0. The standard InChI is InChI=1S/C16H14BrN3O6/c1-22-10-6-8(7-11(23-2)13(10)24-3)14(21)18-16-20-19-15(26-16)9-4-5-12(17)25-9/h4-7H,1-3H3,(H,18,20,21). The number of carbonyl (C=O) groups excluding carboxylic acids is 1. The van der Waals surface area contributed by atoms with Gasteiger partial charge in [-0.05, 0) is 40.2 Å². The van der Waals surface area contributed by atoms with Crippen molar-refractivity contribution in [3.8, 4) is 28.9 Å². The van der Waals surface area contributed by atoms with Crippen LogP contribution in [0, 0.1) is 0 Å². The maximum Gasteiger partial charge on any atom is 0.322 e. The number of rotatable bonds is 6. The predicted molar refractivity (Wildman–Crippen MR) is 93.8 cm³/mol. The van der Waals surface area contributed by atoms with E-state index in [0.29, 0.717) is 27.7 Å². The molecule has 1 N–H and O–H groups in total. The monoisotopic (exact) mass is 423 g/mol. The average Bonchev–Trinajstić information content (AvgIpc) is 3.29. The summed E-state index contributed by atoms with van der Waals surface area (Å²) in [5, 5.41) is 10.1. The first-order chi connectivity index (χ1) is 12.5. The molecule has 0 bridgehead atoms. The van der Waals surface area contributed by atoms with Crippen LogP contribution in [0.2, 0.25) is 0 Å². The van der Waals surface area contributed by atoms with Crippen molar-refractivity contribution in [2.45, 2.75) is 0 Å². The zero-order valence-electron chi connectivity index (χ0n) is 14.0. The van der Waals surface area contributed by atoms with Crippen molar-refractivity contribution in [2.24, 2.45) is 0 Å². The summed E-state index contributed by atoms with van der Waals surface area (Å²) >= 11 is 3.19. The third kappa shape index (κ3) is 3.49. The fraction of sp³-hybridized carbons (Fsp3) is 0.188. The van der Waals surface area contributed by atoms with E-state index < -0.39 is 5.91 Å². The van der Waals surface area contributed by atoms with Crippen LogP contribution in [0.15, 0.2) is 37.8 Å². The van der Waals surface area contributed by atoms with Crippen LogP contribution in [-0.4, -0.2) is 37.4 Å². The van der Waals surface area contributed by atoms with Gasteiger partial charge < -0.3 is 23.0 Å². The maximum absolute atomic E-state index is 12.5. The van der Waals surface area contributed by atoms with Crippen LogP contribution >= 0.6 is 15.9 Å². The van der Waals surface area contributed by atoms with E-state index in [1.807, 2.05) is 0 Å². The van der Waals surface area contributed by atoms with E-state index in [9.17, 15) is 4.79 Å². The summed E-state index contributed by atoms with van der Waals surface area (Å²) in [7, 11) is 4.41. The summed E-state index contributed by atoms with van der Waals surface area (Å²) in [4.78, 5) is 12.5. The van der Waals surface area contributed by atoms with Crippen LogP contribution < -0.4 is 19.5 Å². The van der Waals surface area contributed by atoms with Gasteiger partial charge >= 0.3 is 6.01 Å². The molecule has 136 valence electrons. The smallest absolute Gasteiger partial charge is 0.322 e. The second-order valence-electron chi connectivity index (χ2n) is 4.88. The number of benzene rings is 1. The summed E-state index contributed by atoms with van der Waals surface area (Å²) < 4.78 is 26.9. The lowest BCUT2D eigenvalue weighted by atomic mass is 10.1. The van der Waals surface area contributed by atoms with Crippen molar-refractivity contribution in [3.05, 3.63) is 34.5 Å². The largest absolute Gasteiger partial charge is 0.493 e. The first kappa shape index (κ1) is 17.8. The molecule has 0 radical (unpaired) electrons. The summed E-state index contributed by atoms with van der Waals surface area (Å²) in [6, 6.07) is 6.29. The Bertz CT molecular complexity index is 911. The molecule has 0 atom stereocenters. The van der Waals surface area contributed by atoms with E-state index in [4.69, 9.17) is 23.0 Å². The lowest BCUT2D eigenvalue weighted by Crippen LogP contribution is -2.13. The molecule has 0 aliphatic heterocycles. The first-order valence-electron chi connectivity index (χ1n) is 7.26. The molecule has 3 rings (SSSR count). The van der Waals surface area contributed by atoms with E-state index in [1.165, 1.54) is 33.5 Å². The minimum Gasteiger partial charge on any atom is -0.493 e. The van der Waals surface area contributed by atoms with E-state index in [1.54, 1.807) is 12.1 Å². The molecular formula is C16H14BrN3O6. The van der Waals surface area contributed by atoms with Gasteiger partial charge in [0.2, 0.25) is 5.75 Å². The Balaban J connectivity index is 1.83. The summed E-state index contributed by atoms with van der Waals surface area (Å²) in [5.41, 5.74) is 0.264. The minimum absolute atomic E-state index is 0.0775. The highest BCUT2D eigenvalue weighted by molar-refractivity contribution is 9.10. The van der Waals surface area contributed by atoms with Crippen LogP contribution in [0.4, 0.5) is 6.01 Å². The molecule has 26 heavy (non-hydrogen) atoms. The van der Waals surface area contributed by atoms with Gasteiger partial charge in [0, 0.05) is 5.56 Å². The van der Waals surface area contributed by atoms with Crippen LogP contribution in [0.1, 0.15) is 10.4 Å². The number of amides is 1. The van der Waals surface area contributed by atoms with E-state index in [0.717, 1.165) is 0 Å².